The third kappa shape index (κ3) is 3.04. The molecule has 0 spiro atoms. The lowest BCUT2D eigenvalue weighted by Crippen LogP contribution is -2.38. The average Bonchev–Trinajstić information content (AvgIpc) is 3.29. The van der Waals surface area contributed by atoms with Crippen LogP contribution in [0.5, 0.6) is 0 Å². The van der Waals surface area contributed by atoms with E-state index in [9.17, 15) is 9.59 Å². The Bertz CT molecular complexity index is 1240. The summed E-state index contributed by atoms with van der Waals surface area (Å²) < 4.78 is 2.82. The van der Waals surface area contributed by atoms with Crippen LogP contribution in [0, 0.1) is 0 Å². The summed E-state index contributed by atoms with van der Waals surface area (Å²) in [5, 5.41) is 4.69. The highest BCUT2D eigenvalue weighted by atomic mass is 16.2. The number of hydrogen-bond donors (Lipinski definition) is 0. The van der Waals surface area contributed by atoms with Crippen LogP contribution in [0.15, 0.2) is 70.3 Å². The number of para-hydroxylation sites is 1. The van der Waals surface area contributed by atoms with E-state index < -0.39 is 11.2 Å². The first-order valence-electron chi connectivity index (χ1n) is 9.77. The van der Waals surface area contributed by atoms with Gasteiger partial charge in [-0.2, -0.15) is 10.1 Å². The third-order valence-corrected chi connectivity index (χ3v) is 5.36. The number of fused-ring (bicyclic) bond motifs is 1. The Hall–Kier alpha value is -3.61. The SMILES string of the molecule is O=c1nc2n(C3CCCC3)nc(-c3ccccc3)nc-2c(=O)n1-c1ccccc1. The molecule has 0 atom stereocenters. The molecular weight excluding hydrogens is 366 g/mol. The zero-order valence-corrected chi connectivity index (χ0v) is 15.7. The van der Waals surface area contributed by atoms with Gasteiger partial charge in [-0.15, -0.1) is 0 Å². The Morgan fingerprint density at radius 1 is 0.828 bits per heavy atom. The lowest BCUT2D eigenvalue weighted by Gasteiger charge is -2.19. The van der Waals surface area contributed by atoms with Gasteiger partial charge in [-0.3, -0.25) is 4.79 Å². The van der Waals surface area contributed by atoms with Crippen molar-refractivity contribution >= 4 is 0 Å². The van der Waals surface area contributed by atoms with Crippen molar-refractivity contribution in [3.05, 3.63) is 81.5 Å². The highest BCUT2D eigenvalue weighted by Crippen LogP contribution is 2.32. The highest BCUT2D eigenvalue weighted by molar-refractivity contribution is 5.59. The largest absolute Gasteiger partial charge is 0.357 e. The second kappa shape index (κ2) is 7.09. The van der Waals surface area contributed by atoms with Gasteiger partial charge in [0.25, 0.3) is 5.56 Å². The molecule has 144 valence electrons. The van der Waals surface area contributed by atoms with Gasteiger partial charge in [0.05, 0.1) is 11.7 Å². The molecule has 0 radical (unpaired) electrons. The maximum absolute atomic E-state index is 13.3. The summed E-state index contributed by atoms with van der Waals surface area (Å²) >= 11 is 0. The fourth-order valence-electron chi connectivity index (χ4n) is 3.93. The van der Waals surface area contributed by atoms with Crippen molar-refractivity contribution in [2.45, 2.75) is 31.7 Å². The Labute approximate surface area is 166 Å². The summed E-state index contributed by atoms with van der Waals surface area (Å²) in [6.07, 6.45) is 4.08. The molecule has 7 heteroatoms. The zero-order chi connectivity index (χ0) is 19.8. The normalized spacial score (nSPS) is 14.5. The monoisotopic (exact) mass is 385 g/mol. The number of benzene rings is 2. The van der Waals surface area contributed by atoms with Crippen molar-refractivity contribution in [2.75, 3.05) is 0 Å². The molecule has 2 aromatic rings. The van der Waals surface area contributed by atoms with Gasteiger partial charge in [0.15, 0.2) is 17.3 Å². The molecule has 2 aliphatic heterocycles. The summed E-state index contributed by atoms with van der Waals surface area (Å²) in [4.78, 5) is 34.9. The average molecular weight is 385 g/mol. The van der Waals surface area contributed by atoms with Crippen molar-refractivity contribution in [2.24, 2.45) is 0 Å². The predicted molar refractivity (Wildman–Crippen MR) is 109 cm³/mol. The quantitative estimate of drug-likeness (QED) is 0.541. The smallest absolute Gasteiger partial charge is 0.266 e. The van der Waals surface area contributed by atoms with Gasteiger partial charge >= 0.3 is 5.69 Å². The van der Waals surface area contributed by atoms with E-state index in [1.54, 1.807) is 28.9 Å². The molecule has 0 unspecified atom stereocenters. The molecule has 0 bridgehead atoms. The molecule has 0 N–H and O–H groups in total. The van der Waals surface area contributed by atoms with E-state index in [1.165, 1.54) is 0 Å². The fraction of sp³-hybridized carbons (Fsp3) is 0.227. The lowest BCUT2D eigenvalue weighted by molar-refractivity contribution is 0.453. The van der Waals surface area contributed by atoms with Crippen LogP contribution in [0.4, 0.5) is 0 Å². The van der Waals surface area contributed by atoms with Crippen LogP contribution in [-0.4, -0.2) is 24.3 Å². The van der Waals surface area contributed by atoms with Crippen LogP contribution < -0.4 is 11.2 Å². The molecule has 1 fully saturated rings. The number of rotatable bonds is 3. The third-order valence-electron chi connectivity index (χ3n) is 5.36. The van der Waals surface area contributed by atoms with E-state index in [-0.39, 0.29) is 17.6 Å². The number of hydrogen-bond acceptors (Lipinski definition) is 5. The van der Waals surface area contributed by atoms with Crippen LogP contribution in [-0.2, 0) is 0 Å². The van der Waals surface area contributed by atoms with Gasteiger partial charge in [-0.25, -0.2) is 19.0 Å². The summed E-state index contributed by atoms with van der Waals surface area (Å²) in [6, 6.07) is 18.5. The second-order valence-electron chi connectivity index (χ2n) is 7.23. The van der Waals surface area contributed by atoms with Crippen molar-refractivity contribution in [3.8, 4) is 28.6 Å². The van der Waals surface area contributed by atoms with Gasteiger partial charge in [0.1, 0.15) is 0 Å². The molecule has 2 aromatic carbocycles. The molecular formula is C22H19N5O2. The van der Waals surface area contributed by atoms with E-state index in [4.69, 9.17) is 5.10 Å². The van der Waals surface area contributed by atoms with Crippen LogP contribution in [0.1, 0.15) is 31.7 Å². The molecule has 0 aromatic heterocycles. The predicted octanol–water partition coefficient (Wildman–Crippen LogP) is 3.07. The first-order valence-corrected chi connectivity index (χ1v) is 9.77. The van der Waals surface area contributed by atoms with Crippen LogP contribution in [0.2, 0.25) is 0 Å². The number of aromatic nitrogens is 5. The molecule has 7 nitrogen and oxygen atoms in total. The van der Waals surface area contributed by atoms with Crippen LogP contribution >= 0.6 is 0 Å². The molecule has 5 rings (SSSR count). The Morgan fingerprint density at radius 3 is 2.17 bits per heavy atom. The molecule has 0 saturated heterocycles. The van der Waals surface area contributed by atoms with Crippen molar-refractivity contribution in [1.29, 1.82) is 0 Å². The summed E-state index contributed by atoms with van der Waals surface area (Å²) in [5.74, 6) is 0.723. The topological polar surface area (TPSA) is 82.7 Å². The van der Waals surface area contributed by atoms with Crippen LogP contribution in [0.25, 0.3) is 28.6 Å². The van der Waals surface area contributed by atoms with Gasteiger partial charge < -0.3 is 0 Å². The minimum Gasteiger partial charge on any atom is -0.266 e. The van der Waals surface area contributed by atoms with Crippen LogP contribution in [0.3, 0.4) is 0 Å². The molecule has 1 saturated carbocycles. The first-order chi connectivity index (χ1) is 14.2. The van der Waals surface area contributed by atoms with Crippen molar-refractivity contribution in [3.63, 3.8) is 0 Å². The zero-order valence-electron chi connectivity index (χ0n) is 15.7. The maximum atomic E-state index is 13.3. The number of nitrogens with zero attached hydrogens (tertiary/aromatic N) is 5. The Kier molecular flexibility index (Phi) is 4.27. The van der Waals surface area contributed by atoms with Crippen molar-refractivity contribution in [1.82, 2.24) is 24.3 Å². The fourth-order valence-corrected chi connectivity index (χ4v) is 3.93. The second-order valence-corrected chi connectivity index (χ2v) is 7.23. The Morgan fingerprint density at radius 2 is 1.48 bits per heavy atom. The van der Waals surface area contributed by atoms with E-state index in [1.807, 2.05) is 36.4 Å². The summed E-state index contributed by atoms with van der Waals surface area (Å²) in [7, 11) is 0. The van der Waals surface area contributed by atoms with Gasteiger partial charge in [-0.1, -0.05) is 61.4 Å². The standard InChI is InChI=1S/C22H19N5O2/c28-21-18-20(24-22(29)26(21)16-11-5-2-6-12-16)27(17-13-7-8-14-17)25-19(23-18)15-9-3-1-4-10-15/h1-6,9-12,17H,7-8,13-14H2. The minimum atomic E-state index is -0.614. The minimum absolute atomic E-state index is 0.113. The van der Waals surface area contributed by atoms with E-state index in [2.05, 4.69) is 9.97 Å². The van der Waals surface area contributed by atoms with Gasteiger partial charge in [0, 0.05) is 5.56 Å². The molecule has 29 heavy (non-hydrogen) atoms. The molecule has 1 aliphatic carbocycles. The first kappa shape index (κ1) is 17.5. The van der Waals surface area contributed by atoms with Gasteiger partial charge in [-0.05, 0) is 25.0 Å². The Balaban J connectivity index is 1.82. The highest BCUT2D eigenvalue weighted by Gasteiger charge is 2.27. The van der Waals surface area contributed by atoms with E-state index in [0.29, 0.717) is 11.5 Å². The summed E-state index contributed by atoms with van der Waals surface area (Å²) in [6.45, 7) is 0. The van der Waals surface area contributed by atoms with E-state index in [0.717, 1.165) is 35.8 Å². The maximum Gasteiger partial charge on any atom is 0.357 e. The summed E-state index contributed by atoms with van der Waals surface area (Å²) in [5.41, 5.74) is 0.366. The molecule has 2 heterocycles. The lowest BCUT2D eigenvalue weighted by atomic mass is 10.2. The molecule has 3 aliphatic rings. The molecule has 0 amide bonds. The van der Waals surface area contributed by atoms with E-state index >= 15 is 0 Å². The van der Waals surface area contributed by atoms with Gasteiger partial charge in [0.2, 0.25) is 0 Å². The van der Waals surface area contributed by atoms with Crippen molar-refractivity contribution < 1.29 is 0 Å².